The Morgan fingerprint density at radius 1 is 1.45 bits per heavy atom. The van der Waals surface area contributed by atoms with Crippen molar-refractivity contribution >= 4 is 0 Å². The van der Waals surface area contributed by atoms with Crippen LogP contribution in [-0.2, 0) is 0 Å². The summed E-state index contributed by atoms with van der Waals surface area (Å²) >= 11 is 0. The fourth-order valence-corrected chi connectivity index (χ4v) is 0.755. The number of rotatable bonds is 4. The predicted molar refractivity (Wildman–Crippen MR) is 51.1 cm³/mol. The van der Waals surface area contributed by atoms with Gasteiger partial charge in [0.2, 0.25) is 0 Å². The molecule has 0 aliphatic carbocycles. The molecule has 0 aliphatic rings. The van der Waals surface area contributed by atoms with Crippen LogP contribution in [0.15, 0.2) is 36.7 Å². The Morgan fingerprint density at radius 2 is 2.09 bits per heavy atom. The molecule has 0 radical (unpaired) electrons. The zero-order chi connectivity index (χ0) is 8.69. The molecule has 1 nitrogen and oxygen atoms in total. The minimum absolute atomic E-state index is 0.554. The predicted octanol–water partition coefficient (Wildman–Crippen LogP) is 2.84. The summed E-state index contributed by atoms with van der Waals surface area (Å²) in [7, 11) is 0. The van der Waals surface area contributed by atoms with Crippen LogP contribution < -0.4 is 5.32 Å². The maximum Gasteiger partial charge on any atom is 0.00390 e. The van der Waals surface area contributed by atoms with Gasteiger partial charge in [-0.05, 0) is 24.6 Å². The van der Waals surface area contributed by atoms with Gasteiger partial charge in [0.1, 0.15) is 0 Å². The van der Waals surface area contributed by atoms with E-state index in [1.807, 2.05) is 19.2 Å². The van der Waals surface area contributed by atoms with E-state index < -0.39 is 0 Å². The molecule has 0 heterocycles. The Balaban J connectivity index is 4.19. The van der Waals surface area contributed by atoms with Crippen molar-refractivity contribution in [1.29, 1.82) is 0 Å². The third-order valence-corrected chi connectivity index (χ3v) is 1.39. The van der Waals surface area contributed by atoms with E-state index in [1.165, 1.54) is 5.57 Å². The Kier molecular flexibility index (Phi) is 5.26. The topological polar surface area (TPSA) is 12.0 Å². The van der Waals surface area contributed by atoms with Gasteiger partial charge in [0, 0.05) is 6.20 Å². The van der Waals surface area contributed by atoms with E-state index in [1.54, 1.807) is 6.20 Å². The average Bonchev–Trinajstić information content (AvgIpc) is 1.97. The lowest BCUT2D eigenvalue weighted by atomic mass is 10.0. The van der Waals surface area contributed by atoms with E-state index in [0.29, 0.717) is 5.92 Å². The lowest BCUT2D eigenvalue weighted by Crippen LogP contribution is -1.98. The first-order valence-corrected chi connectivity index (χ1v) is 3.92. The van der Waals surface area contributed by atoms with E-state index in [2.05, 4.69) is 31.8 Å². The van der Waals surface area contributed by atoms with Crippen molar-refractivity contribution in [3.8, 4) is 0 Å². The van der Waals surface area contributed by atoms with Gasteiger partial charge in [-0.15, -0.1) is 0 Å². The van der Waals surface area contributed by atoms with Crippen molar-refractivity contribution in [2.24, 2.45) is 5.92 Å². The second-order valence-corrected chi connectivity index (χ2v) is 2.67. The molecule has 0 amide bonds. The van der Waals surface area contributed by atoms with E-state index in [4.69, 9.17) is 0 Å². The van der Waals surface area contributed by atoms with Gasteiger partial charge in [-0.25, -0.2) is 0 Å². The fourth-order valence-electron chi connectivity index (χ4n) is 0.755. The molecule has 0 aliphatic heterocycles. The standard InChI is InChI=1S/C10H17N/c1-5-7-10(9(3)4)8-11-6-2/h5-9,11H,2H2,1,3-4H3/b7-5-,10-8+. The van der Waals surface area contributed by atoms with Crippen molar-refractivity contribution in [2.75, 3.05) is 0 Å². The number of hydrogen-bond donors (Lipinski definition) is 1. The average molecular weight is 151 g/mol. The summed E-state index contributed by atoms with van der Waals surface area (Å²) in [5, 5.41) is 2.97. The fraction of sp³-hybridized carbons (Fsp3) is 0.400. The molecule has 0 aromatic heterocycles. The molecule has 0 atom stereocenters. The second kappa shape index (κ2) is 5.78. The molecule has 0 aromatic rings. The molecule has 1 N–H and O–H groups in total. The molecule has 0 aromatic carbocycles. The highest BCUT2D eigenvalue weighted by atomic mass is 14.8. The van der Waals surface area contributed by atoms with Crippen molar-refractivity contribution in [1.82, 2.24) is 5.32 Å². The Bertz CT molecular complexity index is 164. The molecule has 0 unspecified atom stereocenters. The molecule has 0 fully saturated rings. The first-order valence-electron chi connectivity index (χ1n) is 3.92. The zero-order valence-electron chi connectivity index (χ0n) is 7.59. The van der Waals surface area contributed by atoms with E-state index >= 15 is 0 Å². The molecule has 0 bridgehead atoms. The highest BCUT2D eigenvalue weighted by Crippen LogP contribution is 2.09. The molecular formula is C10H17N. The van der Waals surface area contributed by atoms with Crippen LogP contribution in [0.4, 0.5) is 0 Å². The zero-order valence-corrected chi connectivity index (χ0v) is 7.59. The second-order valence-electron chi connectivity index (χ2n) is 2.67. The van der Waals surface area contributed by atoms with E-state index in [9.17, 15) is 0 Å². The third kappa shape index (κ3) is 4.43. The molecule has 62 valence electrons. The van der Waals surface area contributed by atoms with Gasteiger partial charge in [-0.1, -0.05) is 32.6 Å². The molecule has 0 saturated carbocycles. The van der Waals surface area contributed by atoms with Gasteiger partial charge >= 0.3 is 0 Å². The summed E-state index contributed by atoms with van der Waals surface area (Å²) in [6, 6.07) is 0. The molecule has 1 heteroatoms. The third-order valence-electron chi connectivity index (χ3n) is 1.39. The molecule has 0 spiro atoms. The first kappa shape index (κ1) is 10.0. The van der Waals surface area contributed by atoms with Gasteiger partial charge in [-0.3, -0.25) is 0 Å². The largest absolute Gasteiger partial charge is 0.368 e. The first-order chi connectivity index (χ1) is 5.22. The quantitative estimate of drug-likeness (QED) is 0.609. The molecule has 0 rings (SSSR count). The van der Waals surface area contributed by atoms with Crippen LogP contribution in [0, 0.1) is 5.92 Å². The summed E-state index contributed by atoms with van der Waals surface area (Å²) in [5.74, 6) is 0.554. The van der Waals surface area contributed by atoms with Gasteiger partial charge < -0.3 is 5.32 Å². The Labute approximate surface area is 69.5 Å². The van der Waals surface area contributed by atoms with Crippen LogP contribution in [0.1, 0.15) is 20.8 Å². The monoisotopic (exact) mass is 151 g/mol. The minimum Gasteiger partial charge on any atom is -0.368 e. The van der Waals surface area contributed by atoms with Gasteiger partial charge in [-0.2, -0.15) is 0 Å². The number of nitrogens with one attached hydrogen (secondary N) is 1. The number of hydrogen-bond acceptors (Lipinski definition) is 1. The van der Waals surface area contributed by atoms with E-state index in [-0.39, 0.29) is 0 Å². The van der Waals surface area contributed by atoms with Crippen LogP contribution in [0.3, 0.4) is 0 Å². The van der Waals surface area contributed by atoms with Gasteiger partial charge in [0.25, 0.3) is 0 Å². The Morgan fingerprint density at radius 3 is 2.45 bits per heavy atom. The highest BCUT2D eigenvalue weighted by molar-refractivity contribution is 5.19. The van der Waals surface area contributed by atoms with Crippen molar-refractivity contribution < 1.29 is 0 Å². The van der Waals surface area contributed by atoms with Crippen LogP contribution in [0.2, 0.25) is 0 Å². The van der Waals surface area contributed by atoms with Crippen LogP contribution in [0.5, 0.6) is 0 Å². The lowest BCUT2D eigenvalue weighted by Gasteiger charge is -2.05. The summed E-state index contributed by atoms with van der Waals surface area (Å²) in [6.07, 6.45) is 7.78. The lowest BCUT2D eigenvalue weighted by molar-refractivity contribution is 0.783. The van der Waals surface area contributed by atoms with Crippen molar-refractivity contribution in [3.05, 3.63) is 36.7 Å². The minimum atomic E-state index is 0.554. The number of allylic oxidation sites excluding steroid dienone is 3. The van der Waals surface area contributed by atoms with E-state index in [0.717, 1.165) is 0 Å². The molecule has 0 saturated heterocycles. The SMILES string of the molecule is C=CN/C=C(\C=C/C)C(C)C. The van der Waals surface area contributed by atoms with Crippen LogP contribution in [-0.4, -0.2) is 0 Å². The normalized spacial score (nSPS) is 12.5. The van der Waals surface area contributed by atoms with Crippen LogP contribution >= 0.6 is 0 Å². The summed E-state index contributed by atoms with van der Waals surface area (Å²) in [4.78, 5) is 0. The van der Waals surface area contributed by atoms with Crippen molar-refractivity contribution in [3.63, 3.8) is 0 Å². The van der Waals surface area contributed by atoms with Crippen LogP contribution in [0.25, 0.3) is 0 Å². The van der Waals surface area contributed by atoms with Crippen molar-refractivity contribution in [2.45, 2.75) is 20.8 Å². The molecular weight excluding hydrogens is 134 g/mol. The summed E-state index contributed by atoms with van der Waals surface area (Å²) < 4.78 is 0. The Hall–Kier alpha value is -0.980. The smallest absolute Gasteiger partial charge is 0.00390 e. The highest BCUT2D eigenvalue weighted by Gasteiger charge is 1.96. The molecule has 11 heavy (non-hydrogen) atoms. The maximum absolute atomic E-state index is 3.57. The summed E-state index contributed by atoms with van der Waals surface area (Å²) in [5.41, 5.74) is 1.28. The summed E-state index contributed by atoms with van der Waals surface area (Å²) in [6.45, 7) is 9.92. The van der Waals surface area contributed by atoms with Gasteiger partial charge in [0.15, 0.2) is 0 Å². The maximum atomic E-state index is 3.57. The van der Waals surface area contributed by atoms with Gasteiger partial charge in [0.05, 0.1) is 0 Å².